The Hall–Kier alpha value is -1.80. The van der Waals surface area contributed by atoms with Gasteiger partial charge in [0, 0.05) is 30.4 Å². The van der Waals surface area contributed by atoms with Crippen LogP contribution in [0.15, 0.2) is 34.8 Å². The molecule has 0 amide bonds. The van der Waals surface area contributed by atoms with E-state index in [0.29, 0.717) is 6.61 Å². The van der Waals surface area contributed by atoms with Crippen molar-refractivity contribution in [2.75, 3.05) is 25.6 Å². The third-order valence-electron chi connectivity index (χ3n) is 5.23. The number of hydrogen-bond donors (Lipinski definition) is 0. The van der Waals surface area contributed by atoms with Crippen LogP contribution < -0.4 is 4.90 Å². The number of benzene rings is 1. The van der Waals surface area contributed by atoms with Crippen LogP contribution in [0, 0.1) is 28.6 Å². The number of nitrogens with zero attached hydrogens (tertiary/aromatic N) is 2. The lowest BCUT2D eigenvalue weighted by Gasteiger charge is -2.34. The molecule has 24 heavy (non-hydrogen) atoms. The Morgan fingerprint density at radius 1 is 1.46 bits per heavy atom. The summed E-state index contributed by atoms with van der Waals surface area (Å²) in [6.45, 7) is 2.07. The van der Waals surface area contributed by atoms with Crippen molar-refractivity contribution in [1.82, 2.24) is 0 Å². The van der Waals surface area contributed by atoms with Gasteiger partial charge in [0.25, 0.3) is 0 Å². The predicted molar refractivity (Wildman–Crippen MR) is 96.6 cm³/mol. The maximum atomic E-state index is 12.7. The third-order valence-corrected chi connectivity index (χ3v) is 5.87. The molecule has 1 saturated carbocycles. The Bertz CT molecular complexity index is 737. The number of halogens is 1. The zero-order valence-corrected chi connectivity index (χ0v) is 15.7. The van der Waals surface area contributed by atoms with Gasteiger partial charge < -0.3 is 9.64 Å². The highest BCUT2D eigenvalue weighted by molar-refractivity contribution is 9.10. The number of allylic oxidation sites excluding steroid dienone is 2. The summed E-state index contributed by atoms with van der Waals surface area (Å²) in [5.41, 5.74) is 0.962. The fraction of sp³-hybridized carbons (Fsp3) is 0.474. The van der Waals surface area contributed by atoms with Gasteiger partial charge in [-0.15, -0.1) is 0 Å². The van der Waals surface area contributed by atoms with Crippen molar-refractivity contribution in [3.63, 3.8) is 0 Å². The molecule has 0 spiro atoms. The number of nitriles is 1. The molecule has 1 aromatic carbocycles. The first-order valence-corrected chi connectivity index (χ1v) is 8.98. The van der Waals surface area contributed by atoms with Gasteiger partial charge in [0.1, 0.15) is 0 Å². The van der Waals surface area contributed by atoms with Gasteiger partial charge in [-0.2, -0.15) is 5.26 Å². The summed E-state index contributed by atoms with van der Waals surface area (Å²) < 4.78 is 6.27. The normalized spacial score (nSPS) is 30.2. The van der Waals surface area contributed by atoms with Crippen molar-refractivity contribution in [3.05, 3.63) is 40.4 Å². The zero-order valence-electron chi connectivity index (χ0n) is 14.1. The van der Waals surface area contributed by atoms with Crippen LogP contribution >= 0.6 is 15.9 Å². The van der Waals surface area contributed by atoms with E-state index in [1.807, 2.05) is 43.3 Å². The number of carbonyl (C=O) groups excluding carboxylic acids is 1. The first-order valence-electron chi connectivity index (χ1n) is 8.19. The molecule has 1 aromatic rings. The molecule has 0 aromatic heterocycles. The Morgan fingerprint density at radius 2 is 2.21 bits per heavy atom. The largest absolute Gasteiger partial charge is 0.465 e. The fourth-order valence-corrected chi connectivity index (χ4v) is 4.95. The molecule has 0 saturated heterocycles. The molecule has 2 bridgehead atoms. The Balaban J connectivity index is 2.08. The lowest BCUT2D eigenvalue weighted by atomic mass is 9.66. The highest BCUT2D eigenvalue weighted by Crippen LogP contribution is 2.61. The van der Waals surface area contributed by atoms with Crippen molar-refractivity contribution >= 4 is 27.6 Å². The van der Waals surface area contributed by atoms with Crippen LogP contribution in [0.5, 0.6) is 0 Å². The molecule has 1 fully saturated rings. The van der Waals surface area contributed by atoms with Crippen LogP contribution in [-0.4, -0.2) is 26.7 Å². The second kappa shape index (κ2) is 6.25. The summed E-state index contributed by atoms with van der Waals surface area (Å²) in [5.74, 6) is -0.411. The summed E-state index contributed by atoms with van der Waals surface area (Å²) in [7, 11) is 3.97. The van der Waals surface area contributed by atoms with Crippen LogP contribution in [0.25, 0.3) is 0 Å². The highest BCUT2D eigenvalue weighted by atomic mass is 79.9. The summed E-state index contributed by atoms with van der Waals surface area (Å²) in [4.78, 5) is 14.8. The monoisotopic (exact) mass is 388 g/mol. The second-order valence-electron chi connectivity index (χ2n) is 6.68. The average Bonchev–Trinajstić information content (AvgIpc) is 3.14. The molecule has 2 aliphatic rings. The zero-order chi connectivity index (χ0) is 17.5. The van der Waals surface area contributed by atoms with Crippen LogP contribution in [0.3, 0.4) is 0 Å². The van der Waals surface area contributed by atoms with Crippen molar-refractivity contribution in [3.8, 4) is 6.07 Å². The van der Waals surface area contributed by atoms with E-state index in [2.05, 4.69) is 28.1 Å². The number of rotatable bonds is 4. The molecule has 4 nitrogen and oxygen atoms in total. The molecule has 0 aliphatic heterocycles. The van der Waals surface area contributed by atoms with Crippen molar-refractivity contribution in [2.45, 2.75) is 19.3 Å². The molecule has 0 radical (unpaired) electrons. The van der Waals surface area contributed by atoms with Crippen LogP contribution in [0.2, 0.25) is 0 Å². The van der Waals surface area contributed by atoms with Crippen LogP contribution in [0.4, 0.5) is 5.69 Å². The van der Waals surface area contributed by atoms with E-state index in [1.54, 1.807) is 6.92 Å². The fourth-order valence-electron chi connectivity index (χ4n) is 4.20. The second-order valence-corrected chi connectivity index (χ2v) is 7.53. The smallest absolute Gasteiger partial charge is 0.327 e. The van der Waals surface area contributed by atoms with E-state index < -0.39 is 5.41 Å². The molecule has 4 unspecified atom stereocenters. The molecule has 4 atom stereocenters. The van der Waals surface area contributed by atoms with E-state index in [0.717, 1.165) is 22.1 Å². The van der Waals surface area contributed by atoms with Gasteiger partial charge in [-0.25, -0.2) is 0 Å². The average molecular weight is 389 g/mol. The van der Waals surface area contributed by atoms with E-state index in [-0.39, 0.29) is 23.7 Å². The van der Waals surface area contributed by atoms with E-state index >= 15 is 0 Å². The summed E-state index contributed by atoms with van der Waals surface area (Å²) in [5, 5.41) is 9.97. The Kier molecular flexibility index (Phi) is 4.44. The lowest BCUT2D eigenvalue weighted by molar-refractivity contribution is -0.154. The van der Waals surface area contributed by atoms with Gasteiger partial charge in [-0.3, -0.25) is 4.79 Å². The number of hydrogen-bond acceptors (Lipinski definition) is 4. The van der Waals surface area contributed by atoms with Crippen molar-refractivity contribution in [2.24, 2.45) is 17.3 Å². The number of carbonyl (C=O) groups is 1. The van der Waals surface area contributed by atoms with E-state index in [9.17, 15) is 10.1 Å². The van der Waals surface area contributed by atoms with E-state index in [4.69, 9.17) is 4.74 Å². The minimum absolute atomic E-state index is 0.0659. The third kappa shape index (κ3) is 2.36. The number of esters is 1. The number of anilines is 1. The first-order chi connectivity index (χ1) is 11.5. The van der Waals surface area contributed by atoms with Gasteiger partial charge in [-0.1, -0.05) is 18.2 Å². The van der Waals surface area contributed by atoms with Gasteiger partial charge in [0.05, 0.1) is 18.4 Å². The number of fused-ring (bicyclic) bond motifs is 2. The quantitative estimate of drug-likeness (QED) is 0.580. The van der Waals surface area contributed by atoms with Crippen molar-refractivity contribution < 1.29 is 9.53 Å². The standard InChI is InChI=1S/C19H21BrN2O2/c1-4-24-18(23)19(11-21)14-7-5-12(9-14)17(19)13-6-8-16(22(2)3)15(20)10-13/h5-8,10,12,14,17H,4,9H2,1-3H3. The van der Waals surface area contributed by atoms with Crippen LogP contribution in [0.1, 0.15) is 24.8 Å². The Morgan fingerprint density at radius 3 is 2.79 bits per heavy atom. The molecular formula is C19H21BrN2O2. The van der Waals surface area contributed by atoms with E-state index in [1.165, 1.54) is 0 Å². The van der Waals surface area contributed by atoms with Crippen molar-refractivity contribution in [1.29, 1.82) is 5.26 Å². The minimum atomic E-state index is -1.12. The molecule has 5 heteroatoms. The molecular weight excluding hydrogens is 368 g/mol. The molecule has 0 heterocycles. The Labute approximate surface area is 151 Å². The lowest BCUT2D eigenvalue weighted by Crippen LogP contribution is -2.41. The molecule has 126 valence electrons. The maximum Gasteiger partial charge on any atom is 0.327 e. The van der Waals surface area contributed by atoms with Gasteiger partial charge in [-0.05, 0) is 52.9 Å². The minimum Gasteiger partial charge on any atom is -0.465 e. The highest BCUT2D eigenvalue weighted by Gasteiger charge is 2.62. The molecule has 2 aliphatic carbocycles. The van der Waals surface area contributed by atoms with Gasteiger partial charge in [0.15, 0.2) is 5.41 Å². The SMILES string of the molecule is CCOC(=O)C1(C#N)C2C=CC(C2)C1c1ccc(N(C)C)c(Br)c1. The number of ether oxygens (including phenoxy) is 1. The summed E-state index contributed by atoms with van der Waals surface area (Å²) in [6.07, 6.45) is 5.01. The van der Waals surface area contributed by atoms with Crippen LogP contribution in [-0.2, 0) is 9.53 Å². The topological polar surface area (TPSA) is 53.3 Å². The molecule has 0 N–H and O–H groups in total. The van der Waals surface area contributed by atoms with Gasteiger partial charge >= 0.3 is 5.97 Å². The van der Waals surface area contributed by atoms with Gasteiger partial charge in [0.2, 0.25) is 0 Å². The molecule has 3 rings (SSSR count). The predicted octanol–water partition coefficient (Wildman–Crippen LogP) is 3.88. The maximum absolute atomic E-state index is 12.7. The first kappa shape index (κ1) is 17.0. The summed E-state index contributed by atoms with van der Waals surface area (Å²) in [6, 6.07) is 8.45. The summed E-state index contributed by atoms with van der Waals surface area (Å²) >= 11 is 3.62.